The average Bonchev–Trinajstić information content (AvgIpc) is 2.90. The summed E-state index contributed by atoms with van der Waals surface area (Å²) in [5.41, 5.74) is 0. The van der Waals surface area contributed by atoms with Crippen LogP contribution >= 0.6 is 0 Å². The van der Waals surface area contributed by atoms with Crippen molar-refractivity contribution >= 4 is 5.91 Å². The molecule has 1 heterocycles. The van der Waals surface area contributed by atoms with Crippen molar-refractivity contribution in [2.24, 2.45) is 0 Å². The summed E-state index contributed by atoms with van der Waals surface area (Å²) < 4.78 is 18.0. The van der Waals surface area contributed by atoms with E-state index in [0.29, 0.717) is 38.3 Å². The largest absolute Gasteiger partial charge is 0.494 e. The number of ether oxygens (including phenoxy) is 1. The summed E-state index contributed by atoms with van der Waals surface area (Å²) >= 11 is 0. The van der Waals surface area contributed by atoms with Crippen LogP contribution in [-0.4, -0.2) is 30.7 Å². The molecule has 0 aliphatic carbocycles. The van der Waals surface area contributed by atoms with Gasteiger partial charge in [-0.3, -0.25) is 9.63 Å². The van der Waals surface area contributed by atoms with E-state index in [0.717, 1.165) is 6.42 Å². The smallest absolute Gasteiger partial charge is 0.246 e. The molecule has 1 aliphatic heterocycles. The Morgan fingerprint density at radius 2 is 2.17 bits per heavy atom. The second-order valence-electron chi connectivity index (χ2n) is 4.09. The number of carbonyl (C=O) groups excluding carboxylic acids is 1. The van der Waals surface area contributed by atoms with E-state index in [1.165, 1.54) is 17.2 Å². The highest BCUT2D eigenvalue weighted by atomic mass is 19.1. The quantitative estimate of drug-likeness (QED) is 0.755. The number of hydrogen-bond acceptors (Lipinski definition) is 3. The molecule has 0 radical (unpaired) electrons. The van der Waals surface area contributed by atoms with Gasteiger partial charge in [0.05, 0.1) is 19.8 Å². The summed E-state index contributed by atoms with van der Waals surface area (Å²) in [6.07, 6.45) is 1.93. The molecule has 0 saturated carbocycles. The van der Waals surface area contributed by atoms with E-state index in [-0.39, 0.29) is 11.7 Å². The molecule has 1 aliphatic rings. The van der Waals surface area contributed by atoms with Gasteiger partial charge in [-0.25, -0.2) is 9.45 Å². The molecule has 2 rings (SSSR count). The van der Waals surface area contributed by atoms with Gasteiger partial charge in [0.15, 0.2) is 0 Å². The molecule has 0 spiro atoms. The third-order valence-corrected chi connectivity index (χ3v) is 2.65. The summed E-state index contributed by atoms with van der Waals surface area (Å²) in [6.45, 7) is 1.74. The Labute approximate surface area is 105 Å². The van der Waals surface area contributed by atoms with E-state index >= 15 is 0 Å². The lowest BCUT2D eigenvalue weighted by Gasteiger charge is -2.13. The van der Waals surface area contributed by atoms with Crippen molar-refractivity contribution in [1.82, 2.24) is 5.06 Å². The van der Waals surface area contributed by atoms with Gasteiger partial charge in [0.2, 0.25) is 5.91 Å². The zero-order valence-electron chi connectivity index (χ0n) is 10.1. The number of hydrogen-bond donors (Lipinski definition) is 0. The molecule has 0 N–H and O–H groups in total. The third kappa shape index (κ3) is 3.70. The maximum Gasteiger partial charge on any atom is 0.246 e. The minimum Gasteiger partial charge on any atom is -0.494 e. The predicted molar refractivity (Wildman–Crippen MR) is 63.4 cm³/mol. The van der Waals surface area contributed by atoms with Gasteiger partial charge in [-0.1, -0.05) is 0 Å². The minimum absolute atomic E-state index is 0.00444. The molecule has 0 atom stereocenters. The van der Waals surface area contributed by atoms with Gasteiger partial charge in [0.1, 0.15) is 11.6 Å². The Morgan fingerprint density at radius 1 is 1.39 bits per heavy atom. The molecule has 4 nitrogen and oxygen atoms in total. The Morgan fingerprint density at radius 3 is 2.83 bits per heavy atom. The van der Waals surface area contributed by atoms with E-state index in [1.54, 1.807) is 12.1 Å². The molecule has 98 valence electrons. The number of halogens is 1. The summed E-state index contributed by atoms with van der Waals surface area (Å²) in [4.78, 5) is 16.7. The van der Waals surface area contributed by atoms with Crippen molar-refractivity contribution in [2.75, 3.05) is 19.8 Å². The van der Waals surface area contributed by atoms with E-state index in [4.69, 9.17) is 9.57 Å². The summed E-state index contributed by atoms with van der Waals surface area (Å²) in [5, 5.41) is 1.41. The van der Waals surface area contributed by atoms with Gasteiger partial charge in [-0.2, -0.15) is 0 Å². The Kier molecular flexibility index (Phi) is 4.52. The number of rotatable bonds is 5. The molecular formula is C13H16FNO3. The van der Waals surface area contributed by atoms with Gasteiger partial charge in [0.25, 0.3) is 0 Å². The Balaban J connectivity index is 1.63. The Bertz CT molecular complexity index is 388. The van der Waals surface area contributed by atoms with Crippen molar-refractivity contribution in [1.29, 1.82) is 0 Å². The number of nitrogens with zero attached hydrogens (tertiary/aromatic N) is 1. The minimum atomic E-state index is -0.288. The summed E-state index contributed by atoms with van der Waals surface area (Å²) in [5.74, 6) is 0.320. The predicted octanol–water partition coefficient (Wildman–Crippen LogP) is 2.15. The van der Waals surface area contributed by atoms with Gasteiger partial charge in [-0.05, 0) is 37.1 Å². The van der Waals surface area contributed by atoms with Crippen molar-refractivity contribution in [3.63, 3.8) is 0 Å². The fourth-order valence-corrected chi connectivity index (χ4v) is 1.71. The van der Waals surface area contributed by atoms with Crippen LogP contribution in [0.4, 0.5) is 4.39 Å². The first-order valence-corrected chi connectivity index (χ1v) is 6.07. The normalized spacial score (nSPS) is 14.8. The molecular weight excluding hydrogens is 237 g/mol. The molecule has 1 amide bonds. The first kappa shape index (κ1) is 12.8. The molecule has 18 heavy (non-hydrogen) atoms. The third-order valence-electron chi connectivity index (χ3n) is 2.65. The van der Waals surface area contributed by atoms with Crippen LogP contribution in [0.15, 0.2) is 24.3 Å². The molecule has 0 bridgehead atoms. The first-order chi connectivity index (χ1) is 8.75. The van der Waals surface area contributed by atoms with Gasteiger partial charge in [0, 0.05) is 6.42 Å². The molecule has 1 aromatic carbocycles. The van der Waals surface area contributed by atoms with Crippen LogP contribution in [0.2, 0.25) is 0 Å². The lowest BCUT2D eigenvalue weighted by Crippen LogP contribution is -2.26. The number of hydroxylamine groups is 2. The van der Waals surface area contributed by atoms with Crippen LogP contribution in [0.3, 0.4) is 0 Å². The number of amides is 1. The summed E-state index contributed by atoms with van der Waals surface area (Å²) in [6, 6.07) is 5.83. The van der Waals surface area contributed by atoms with Crippen molar-refractivity contribution in [3.8, 4) is 5.75 Å². The zero-order chi connectivity index (χ0) is 12.8. The second kappa shape index (κ2) is 6.35. The van der Waals surface area contributed by atoms with Crippen LogP contribution in [-0.2, 0) is 9.63 Å². The fourth-order valence-electron chi connectivity index (χ4n) is 1.71. The van der Waals surface area contributed by atoms with E-state index in [2.05, 4.69) is 0 Å². The monoisotopic (exact) mass is 253 g/mol. The van der Waals surface area contributed by atoms with Crippen molar-refractivity contribution < 1.29 is 18.8 Å². The fraction of sp³-hybridized carbons (Fsp3) is 0.462. The molecule has 1 fully saturated rings. The lowest BCUT2D eigenvalue weighted by atomic mass is 10.3. The molecule has 5 heteroatoms. The van der Waals surface area contributed by atoms with E-state index < -0.39 is 0 Å². The van der Waals surface area contributed by atoms with Gasteiger partial charge in [-0.15, -0.1) is 0 Å². The van der Waals surface area contributed by atoms with E-state index in [9.17, 15) is 9.18 Å². The van der Waals surface area contributed by atoms with Crippen LogP contribution in [0.5, 0.6) is 5.75 Å². The second-order valence-corrected chi connectivity index (χ2v) is 4.09. The highest BCUT2D eigenvalue weighted by Crippen LogP contribution is 2.12. The molecule has 0 unspecified atom stereocenters. The highest BCUT2D eigenvalue weighted by Gasteiger charge is 2.18. The topological polar surface area (TPSA) is 38.8 Å². The van der Waals surface area contributed by atoms with Gasteiger partial charge < -0.3 is 4.74 Å². The summed E-state index contributed by atoms with van der Waals surface area (Å²) in [7, 11) is 0. The Hall–Kier alpha value is -1.62. The van der Waals surface area contributed by atoms with Gasteiger partial charge >= 0.3 is 0 Å². The zero-order valence-corrected chi connectivity index (χ0v) is 10.1. The average molecular weight is 253 g/mol. The number of benzene rings is 1. The number of carbonyl (C=O) groups is 1. The van der Waals surface area contributed by atoms with Crippen molar-refractivity contribution in [3.05, 3.63) is 30.1 Å². The maximum atomic E-state index is 12.6. The van der Waals surface area contributed by atoms with Crippen LogP contribution in [0.25, 0.3) is 0 Å². The van der Waals surface area contributed by atoms with Crippen LogP contribution in [0.1, 0.15) is 19.3 Å². The molecule has 0 aromatic heterocycles. The first-order valence-electron chi connectivity index (χ1n) is 6.07. The van der Waals surface area contributed by atoms with Crippen LogP contribution in [0, 0.1) is 5.82 Å². The maximum absolute atomic E-state index is 12.6. The van der Waals surface area contributed by atoms with E-state index in [1.807, 2.05) is 0 Å². The lowest BCUT2D eigenvalue weighted by molar-refractivity contribution is -0.168. The highest BCUT2D eigenvalue weighted by molar-refractivity contribution is 5.75. The molecule has 1 aromatic rings. The van der Waals surface area contributed by atoms with Crippen molar-refractivity contribution in [2.45, 2.75) is 19.3 Å². The standard InChI is InChI=1S/C13H16FNO3/c14-11-4-6-12(7-5-11)17-9-1-3-13(16)15-8-2-10-18-15/h4-7H,1-3,8-10H2. The molecule has 1 saturated heterocycles. The SMILES string of the molecule is O=C(CCCOc1ccc(F)cc1)N1CCCO1. The van der Waals surface area contributed by atoms with Crippen LogP contribution < -0.4 is 4.74 Å².